The number of rotatable bonds is 3. The highest BCUT2D eigenvalue weighted by Crippen LogP contribution is 2.36. The molecule has 2 unspecified atom stereocenters. The summed E-state index contributed by atoms with van der Waals surface area (Å²) in [5.74, 6) is 0.547. The van der Waals surface area contributed by atoms with Crippen molar-refractivity contribution in [1.82, 2.24) is 0 Å². The van der Waals surface area contributed by atoms with Gasteiger partial charge >= 0.3 is 0 Å². The second-order valence-electron chi connectivity index (χ2n) is 5.52. The van der Waals surface area contributed by atoms with E-state index in [-0.39, 0.29) is 10.6 Å². The molecule has 0 aliphatic carbocycles. The molecule has 0 amide bonds. The SMILES string of the molecule is CC1CC(C)N(c2ccc([C@@H](C)O)cc2[N+](=O)[O-])C1. The van der Waals surface area contributed by atoms with Crippen LogP contribution in [0.15, 0.2) is 18.2 Å². The summed E-state index contributed by atoms with van der Waals surface area (Å²) >= 11 is 0. The predicted octanol–water partition coefficient (Wildman–Crippen LogP) is 2.88. The summed E-state index contributed by atoms with van der Waals surface area (Å²) in [4.78, 5) is 13.0. The minimum Gasteiger partial charge on any atom is -0.389 e. The third kappa shape index (κ3) is 2.71. The maximum Gasteiger partial charge on any atom is 0.292 e. The third-order valence-electron chi connectivity index (χ3n) is 3.77. The Morgan fingerprint density at radius 1 is 1.47 bits per heavy atom. The van der Waals surface area contributed by atoms with E-state index in [0.717, 1.165) is 13.0 Å². The lowest BCUT2D eigenvalue weighted by Gasteiger charge is -2.24. The van der Waals surface area contributed by atoms with Crippen LogP contribution >= 0.6 is 0 Å². The molecule has 1 aromatic carbocycles. The summed E-state index contributed by atoms with van der Waals surface area (Å²) < 4.78 is 0. The standard InChI is InChI=1S/C14H20N2O3/c1-9-6-10(2)15(8-9)13-5-4-12(11(3)17)7-14(13)16(18)19/h4-5,7,9-11,17H,6,8H2,1-3H3/t9?,10?,11-/m1/s1. The number of aliphatic hydroxyl groups excluding tert-OH is 1. The van der Waals surface area contributed by atoms with Gasteiger partial charge in [0, 0.05) is 18.7 Å². The van der Waals surface area contributed by atoms with Gasteiger partial charge in [-0.1, -0.05) is 13.0 Å². The molecular weight excluding hydrogens is 244 g/mol. The van der Waals surface area contributed by atoms with Gasteiger partial charge in [-0.25, -0.2) is 0 Å². The highest BCUT2D eigenvalue weighted by atomic mass is 16.6. The molecule has 19 heavy (non-hydrogen) atoms. The van der Waals surface area contributed by atoms with E-state index < -0.39 is 6.10 Å². The Bertz CT molecular complexity index is 488. The number of nitro benzene ring substituents is 1. The predicted molar refractivity (Wildman–Crippen MR) is 74.3 cm³/mol. The van der Waals surface area contributed by atoms with Crippen LogP contribution in [0.4, 0.5) is 11.4 Å². The Labute approximate surface area is 113 Å². The minimum absolute atomic E-state index is 0.0827. The Morgan fingerprint density at radius 2 is 2.16 bits per heavy atom. The lowest BCUT2D eigenvalue weighted by molar-refractivity contribution is -0.384. The van der Waals surface area contributed by atoms with Gasteiger partial charge in [-0.05, 0) is 37.8 Å². The van der Waals surface area contributed by atoms with Gasteiger partial charge in [-0.2, -0.15) is 0 Å². The molecule has 104 valence electrons. The van der Waals surface area contributed by atoms with Crippen LogP contribution in [0.25, 0.3) is 0 Å². The quantitative estimate of drug-likeness (QED) is 0.673. The van der Waals surface area contributed by atoms with Crippen LogP contribution in [0, 0.1) is 16.0 Å². The van der Waals surface area contributed by atoms with E-state index in [1.165, 1.54) is 6.07 Å². The molecule has 1 fully saturated rings. The number of hydrogen-bond acceptors (Lipinski definition) is 4. The lowest BCUT2D eigenvalue weighted by Crippen LogP contribution is -2.27. The van der Waals surface area contributed by atoms with E-state index in [1.54, 1.807) is 19.1 Å². The molecule has 1 aliphatic rings. The van der Waals surface area contributed by atoms with Crippen LogP contribution in [-0.2, 0) is 0 Å². The summed E-state index contributed by atoms with van der Waals surface area (Å²) in [7, 11) is 0. The van der Waals surface area contributed by atoms with Crippen molar-refractivity contribution >= 4 is 11.4 Å². The molecule has 5 heteroatoms. The second-order valence-corrected chi connectivity index (χ2v) is 5.52. The lowest BCUT2D eigenvalue weighted by atomic mass is 10.1. The van der Waals surface area contributed by atoms with E-state index in [9.17, 15) is 15.2 Å². The Balaban J connectivity index is 2.42. The largest absolute Gasteiger partial charge is 0.389 e. The van der Waals surface area contributed by atoms with Crippen molar-refractivity contribution in [2.24, 2.45) is 5.92 Å². The molecule has 0 bridgehead atoms. The molecule has 2 rings (SSSR count). The first-order valence-corrected chi connectivity index (χ1v) is 6.63. The zero-order chi connectivity index (χ0) is 14.2. The van der Waals surface area contributed by atoms with Crippen molar-refractivity contribution in [1.29, 1.82) is 0 Å². The van der Waals surface area contributed by atoms with E-state index in [0.29, 0.717) is 23.2 Å². The molecule has 5 nitrogen and oxygen atoms in total. The zero-order valence-electron chi connectivity index (χ0n) is 11.5. The van der Waals surface area contributed by atoms with Gasteiger partial charge < -0.3 is 10.0 Å². The molecular formula is C14H20N2O3. The molecule has 1 aromatic rings. The molecule has 0 radical (unpaired) electrons. The molecule has 1 heterocycles. The first kappa shape index (κ1) is 13.8. The number of nitrogens with zero attached hydrogens (tertiary/aromatic N) is 2. The zero-order valence-corrected chi connectivity index (χ0v) is 11.5. The van der Waals surface area contributed by atoms with Crippen LogP contribution in [0.1, 0.15) is 38.9 Å². The fourth-order valence-corrected chi connectivity index (χ4v) is 2.83. The van der Waals surface area contributed by atoms with E-state index in [1.807, 2.05) is 0 Å². The normalized spacial score (nSPS) is 24.5. The number of aliphatic hydroxyl groups is 1. The molecule has 0 saturated carbocycles. The van der Waals surface area contributed by atoms with Crippen molar-refractivity contribution in [2.45, 2.75) is 39.3 Å². The van der Waals surface area contributed by atoms with Gasteiger partial charge in [0.05, 0.1) is 11.0 Å². The summed E-state index contributed by atoms with van der Waals surface area (Å²) in [6.07, 6.45) is 0.359. The molecule has 0 spiro atoms. The highest BCUT2D eigenvalue weighted by Gasteiger charge is 2.31. The van der Waals surface area contributed by atoms with Crippen LogP contribution in [0.2, 0.25) is 0 Å². The average molecular weight is 264 g/mol. The van der Waals surface area contributed by atoms with E-state index in [2.05, 4.69) is 18.7 Å². The maximum absolute atomic E-state index is 11.2. The molecule has 3 atom stereocenters. The fourth-order valence-electron chi connectivity index (χ4n) is 2.83. The molecule has 1 saturated heterocycles. The first-order valence-electron chi connectivity index (χ1n) is 6.63. The summed E-state index contributed by atoms with van der Waals surface area (Å²) in [6, 6.07) is 5.32. The summed E-state index contributed by atoms with van der Waals surface area (Å²) in [5, 5.41) is 20.8. The van der Waals surface area contributed by atoms with Crippen LogP contribution < -0.4 is 4.90 Å². The second kappa shape index (κ2) is 5.17. The smallest absolute Gasteiger partial charge is 0.292 e. The van der Waals surface area contributed by atoms with Gasteiger partial charge in [0.1, 0.15) is 5.69 Å². The van der Waals surface area contributed by atoms with Gasteiger partial charge in [0.15, 0.2) is 0 Å². The first-order chi connectivity index (χ1) is 8.90. The average Bonchev–Trinajstić information content (AvgIpc) is 2.67. The summed E-state index contributed by atoms with van der Waals surface area (Å²) in [5.41, 5.74) is 1.32. The van der Waals surface area contributed by atoms with Gasteiger partial charge in [-0.3, -0.25) is 10.1 Å². The number of hydrogen-bond donors (Lipinski definition) is 1. The third-order valence-corrected chi connectivity index (χ3v) is 3.77. The summed E-state index contributed by atoms with van der Waals surface area (Å²) in [6.45, 7) is 6.71. The van der Waals surface area contributed by atoms with Gasteiger partial charge in [0.25, 0.3) is 5.69 Å². The molecule has 1 N–H and O–H groups in total. The van der Waals surface area contributed by atoms with Crippen molar-refractivity contribution < 1.29 is 10.0 Å². The van der Waals surface area contributed by atoms with Gasteiger partial charge in [-0.15, -0.1) is 0 Å². The number of anilines is 1. The number of benzene rings is 1. The van der Waals surface area contributed by atoms with Crippen molar-refractivity contribution in [3.05, 3.63) is 33.9 Å². The van der Waals surface area contributed by atoms with E-state index >= 15 is 0 Å². The number of nitro groups is 1. The molecule has 0 aromatic heterocycles. The van der Waals surface area contributed by atoms with Crippen LogP contribution in [0.3, 0.4) is 0 Å². The van der Waals surface area contributed by atoms with Crippen LogP contribution in [0.5, 0.6) is 0 Å². The Hall–Kier alpha value is -1.62. The van der Waals surface area contributed by atoms with Crippen molar-refractivity contribution in [2.75, 3.05) is 11.4 Å². The van der Waals surface area contributed by atoms with E-state index in [4.69, 9.17) is 0 Å². The van der Waals surface area contributed by atoms with Crippen molar-refractivity contribution in [3.8, 4) is 0 Å². The maximum atomic E-state index is 11.2. The highest BCUT2D eigenvalue weighted by molar-refractivity contribution is 5.65. The monoisotopic (exact) mass is 264 g/mol. The van der Waals surface area contributed by atoms with Crippen molar-refractivity contribution in [3.63, 3.8) is 0 Å². The molecule has 1 aliphatic heterocycles. The van der Waals surface area contributed by atoms with Gasteiger partial charge in [0.2, 0.25) is 0 Å². The topological polar surface area (TPSA) is 66.6 Å². The Kier molecular flexibility index (Phi) is 3.75. The van der Waals surface area contributed by atoms with Crippen LogP contribution in [-0.4, -0.2) is 22.6 Å². The fraction of sp³-hybridized carbons (Fsp3) is 0.571. The Morgan fingerprint density at radius 3 is 2.63 bits per heavy atom. The minimum atomic E-state index is -0.692.